The smallest absolute Gasteiger partial charge is 0.338 e. The number of ether oxygens (including phenoxy) is 1. The van der Waals surface area contributed by atoms with Crippen molar-refractivity contribution in [3.05, 3.63) is 69.3 Å². The largest absolute Gasteiger partial charge is 0.452 e. The van der Waals surface area contributed by atoms with Crippen LogP contribution in [0.5, 0.6) is 0 Å². The number of nitro benzene ring substituents is 1. The van der Waals surface area contributed by atoms with Gasteiger partial charge in [0.2, 0.25) is 0 Å². The van der Waals surface area contributed by atoms with Crippen LogP contribution in [0.3, 0.4) is 0 Å². The predicted molar refractivity (Wildman–Crippen MR) is 96.5 cm³/mol. The van der Waals surface area contributed by atoms with E-state index in [9.17, 15) is 24.5 Å². The lowest BCUT2D eigenvalue weighted by molar-refractivity contribution is -0.384. The zero-order valence-electron chi connectivity index (χ0n) is 14.6. The van der Waals surface area contributed by atoms with E-state index < -0.39 is 29.4 Å². The first-order valence-electron chi connectivity index (χ1n) is 7.86. The number of nitro groups is 1. The van der Waals surface area contributed by atoms with E-state index in [1.165, 1.54) is 18.2 Å². The minimum Gasteiger partial charge on any atom is -0.452 e. The summed E-state index contributed by atoms with van der Waals surface area (Å²) in [6.07, 6.45) is 0. The lowest BCUT2D eigenvalue weighted by Gasteiger charge is -2.11. The van der Waals surface area contributed by atoms with Crippen LogP contribution in [0.15, 0.2) is 42.5 Å². The molecule has 0 unspecified atom stereocenters. The first-order valence-corrected chi connectivity index (χ1v) is 7.86. The Morgan fingerprint density at radius 1 is 1.11 bits per heavy atom. The molecule has 0 aliphatic carbocycles. The number of imide groups is 1. The Morgan fingerprint density at radius 3 is 2.52 bits per heavy atom. The van der Waals surface area contributed by atoms with Crippen LogP contribution in [0.25, 0.3) is 0 Å². The monoisotopic (exact) mass is 371 g/mol. The zero-order chi connectivity index (χ0) is 20.0. The number of hydrogen-bond donors (Lipinski definition) is 2. The van der Waals surface area contributed by atoms with Gasteiger partial charge in [-0.15, -0.1) is 0 Å². The number of benzene rings is 2. The van der Waals surface area contributed by atoms with E-state index in [2.05, 4.69) is 5.32 Å². The second kappa shape index (κ2) is 8.56. The number of rotatable bonds is 5. The van der Waals surface area contributed by atoms with Gasteiger partial charge >= 0.3 is 12.0 Å². The third-order valence-electron chi connectivity index (χ3n) is 3.73. The Bertz CT molecular complexity index is 910. The second-order valence-electron chi connectivity index (χ2n) is 5.63. The van der Waals surface area contributed by atoms with Crippen molar-refractivity contribution in [2.24, 2.45) is 0 Å². The van der Waals surface area contributed by atoms with Gasteiger partial charge in [-0.25, -0.2) is 9.59 Å². The number of non-ortho nitro benzene ring substituents is 1. The number of urea groups is 1. The molecule has 2 aromatic rings. The van der Waals surface area contributed by atoms with E-state index in [0.717, 1.165) is 17.2 Å². The molecule has 0 saturated carbocycles. The molecule has 0 heterocycles. The maximum absolute atomic E-state index is 11.9. The van der Waals surface area contributed by atoms with E-state index in [1.807, 2.05) is 25.2 Å². The lowest BCUT2D eigenvalue weighted by Crippen LogP contribution is -2.37. The summed E-state index contributed by atoms with van der Waals surface area (Å²) in [6.45, 7) is 3.01. The van der Waals surface area contributed by atoms with E-state index in [4.69, 9.17) is 4.74 Å². The Balaban J connectivity index is 1.87. The molecule has 0 radical (unpaired) electrons. The van der Waals surface area contributed by atoms with Gasteiger partial charge in [0.15, 0.2) is 6.61 Å². The SMILES string of the molecule is Cc1cccc(NC(=O)NC(=O)COC(=O)c2cccc([N+](=O)[O-])c2)c1C. The number of nitrogens with one attached hydrogen (secondary N) is 2. The molecule has 9 nitrogen and oxygen atoms in total. The van der Waals surface area contributed by atoms with E-state index >= 15 is 0 Å². The highest BCUT2D eigenvalue weighted by atomic mass is 16.6. The average Bonchev–Trinajstić information content (AvgIpc) is 2.63. The van der Waals surface area contributed by atoms with Crippen LogP contribution in [0.2, 0.25) is 0 Å². The van der Waals surface area contributed by atoms with Gasteiger partial charge in [0.25, 0.3) is 11.6 Å². The van der Waals surface area contributed by atoms with Crippen molar-refractivity contribution in [3.8, 4) is 0 Å². The fourth-order valence-corrected chi connectivity index (χ4v) is 2.16. The molecule has 0 bridgehead atoms. The van der Waals surface area contributed by atoms with Crippen molar-refractivity contribution < 1.29 is 24.0 Å². The van der Waals surface area contributed by atoms with Crippen molar-refractivity contribution in [3.63, 3.8) is 0 Å². The Morgan fingerprint density at radius 2 is 1.81 bits per heavy atom. The van der Waals surface area contributed by atoms with Gasteiger partial charge in [0.05, 0.1) is 10.5 Å². The average molecular weight is 371 g/mol. The summed E-state index contributed by atoms with van der Waals surface area (Å²) in [5.41, 5.74) is 2.04. The quantitative estimate of drug-likeness (QED) is 0.472. The number of carbonyl (C=O) groups is 3. The number of aryl methyl sites for hydroxylation is 1. The minimum atomic E-state index is -0.913. The van der Waals surface area contributed by atoms with E-state index in [0.29, 0.717) is 5.69 Å². The first kappa shape index (κ1) is 19.6. The molecule has 2 rings (SSSR count). The van der Waals surface area contributed by atoms with Crippen LogP contribution in [0.1, 0.15) is 21.5 Å². The van der Waals surface area contributed by atoms with Crippen molar-refractivity contribution >= 4 is 29.3 Å². The molecule has 0 aromatic heterocycles. The van der Waals surface area contributed by atoms with Gasteiger partial charge in [-0.05, 0) is 37.1 Å². The summed E-state index contributed by atoms with van der Waals surface area (Å²) >= 11 is 0. The highest BCUT2D eigenvalue weighted by molar-refractivity contribution is 6.02. The number of carbonyl (C=O) groups excluding carboxylic acids is 3. The number of nitrogens with zero attached hydrogens (tertiary/aromatic N) is 1. The topological polar surface area (TPSA) is 128 Å². The summed E-state index contributed by atoms with van der Waals surface area (Å²) in [6, 6.07) is 9.48. The molecule has 27 heavy (non-hydrogen) atoms. The van der Waals surface area contributed by atoms with Crippen molar-refractivity contribution in [1.82, 2.24) is 5.32 Å². The molecule has 0 spiro atoms. The molecule has 0 saturated heterocycles. The summed E-state index contributed by atoms with van der Waals surface area (Å²) in [7, 11) is 0. The molecule has 0 atom stereocenters. The molecule has 0 fully saturated rings. The fourth-order valence-electron chi connectivity index (χ4n) is 2.16. The van der Waals surface area contributed by atoms with Crippen LogP contribution in [-0.2, 0) is 9.53 Å². The third kappa shape index (κ3) is 5.36. The molecule has 2 N–H and O–H groups in total. The van der Waals surface area contributed by atoms with Crippen molar-refractivity contribution in [2.75, 3.05) is 11.9 Å². The van der Waals surface area contributed by atoms with Gasteiger partial charge in [-0.2, -0.15) is 0 Å². The summed E-state index contributed by atoms with van der Waals surface area (Å²) in [5, 5.41) is 15.3. The Labute approximate surface area is 154 Å². The van der Waals surface area contributed by atoms with Crippen molar-refractivity contribution in [2.45, 2.75) is 13.8 Å². The second-order valence-corrected chi connectivity index (χ2v) is 5.63. The van der Waals surface area contributed by atoms with Gasteiger partial charge in [-0.1, -0.05) is 18.2 Å². The Kier molecular flexibility index (Phi) is 6.21. The molecule has 2 aromatic carbocycles. The molecular weight excluding hydrogens is 354 g/mol. The Hall–Kier alpha value is -3.75. The zero-order valence-corrected chi connectivity index (χ0v) is 14.6. The number of anilines is 1. The van der Waals surface area contributed by atoms with Gasteiger partial charge in [0, 0.05) is 17.8 Å². The molecule has 0 aliphatic heterocycles. The van der Waals surface area contributed by atoms with Crippen LogP contribution in [-0.4, -0.2) is 29.4 Å². The molecule has 0 aliphatic rings. The number of hydrogen-bond acceptors (Lipinski definition) is 6. The first-order chi connectivity index (χ1) is 12.8. The summed E-state index contributed by atoms with van der Waals surface area (Å²) in [4.78, 5) is 45.5. The fraction of sp³-hybridized carbons (Fsp3) is 0.167. The van der Waals surface area contributed by atoms with Gasteiger partial charge in [-0.3, -0.25) is 20.2 Å². The van der Waals surface area contributed by atoms with Crippen LogP contribution in [0, 0.1) is 24.0 Å². The molecule has 140 valence electrons. The maximum atomic E-state index is 11.9. The van der Waals surface area contributed by atoms with E-state index in [-0.39, 0.29) is 11.3 Å². The standard InChI is InChI=1S/C18H17N3O6/c1-11-5-3-8-15(12(11)2)19-18(24)20-16(22)10-27-17(23)13-6-4-7-14(9-13)21(25)26/h3-9H,10H2,1-2H3,(H2,19,20,22,24). The number of amides is 3. The van der Waals surface area contributed by atoms with Crippen LogP contribution >= 0.6 is 0 Å². The summed E-state index contributed by atoms with van der Waals surface area (Å²) < 4.78 is 4.76. The predicted octanol–water partition coefficient (Wildman–Crippen LogP) is 2.72. The third-order valence-corrected chi connectivity index (χ3v) is 3.73. The molecule has 9 heteroatoms. The highest BCUT2D eigenvalue weighted by Crippen LogP contribution is 2.17. The van der Waals surface area contributed by atoms with Gasteiger partial charge < -0.3 is 10.1 Å². The summed E-state index contributed by atoms with van der Waals surface area (Å²) in [5.74, 6) is -1.75. The lowest BCUT2D eigenvalue weighted by atomic mass is 10.1. The molecule has 3 amide bonds. The normalized spacial score (nSPS) is 10.0. The van der Waals surface area contributed by atoms with Crippen molar-refractivity contribution in [1.29, 1.82) is 0 Å². The van der Waals surface area contributed by atoms with Crippen LogP contribution < -0.4 is 10.6 Å². The maximum Gasteiger partial charge on any atom is 0.338 e. The molecular formula is C18H17N3O6. The number of esters is 1. The highest BCUT2D eigenvalue weighted by Gasteiger charge is 2.15. The minimum absolute atomic E-state index is 0.0724. The van der Waals surface area contributed by atoms with Gasteiger partial charge in [0.1, 0.15) is 0 Å². The van der Waals surface area contributed by atoms with Crippen LogP contribution in [0.4, 0.5) is 16.2 Å². The van der Waals surface area contributed by atoms with E-state index in [1.54, 1.807) is 12.1 Å².